The molecule has 0 saturated heterocycles. The summed E-state index contributed by atoms with van der Waals surface area (Å²) in [4.78, 5) is 26.2. The van der Waals surface area contributed by atoms with Gasteiger partial charge in [0, 0.05) is 6.42 Å². The van der Waals surface area contributed by atoms with Crippen LogP contribution in [0, 0.1) is 0 Å². The number of hydrogen-bond donors (Lipinski definition) is 3. The maximum Gasteiger partial charge on any atom is 0.306 e. The molecule has 0 aliphatic carbocycles. The van der Waals surface area contributed by atoms with E-state index in [-0.39, 0.29) is 24.9 Å². The van der Waals surface area contributed by atoms with Crippen molar-refractivity contribution in [1.82, 2.24) is 5.32 Å². The molecule has 0 rings (SSSR count). The van der Waals surface area contributed by atoms with Gasteiger partial charge in [-0.15, -0.1) is 0 Å². The van der Waals surface area contributed by atoms with Crippen LogP contribution < -0.4 is 5.32 Å². The third-order valence-electron chi connectivity index (χ3n) is 12.6. The minimum absolute atomic E-state index is 0.0675. The maximum atomic E-state index is 13.2. The Hall–Kier alpha value is -2.18. The minimum atomic E-state index is -0.791. The van der Waals surface area contributed by atoms with Gasteiger partial charge in [-0.25, -0.2) is 0 Å². The summed E-state index contributed by atoms with van der Waals surface area (Å²) in [6.45, 7) is 6.44. The van der Waals surface area contributed by atoms with Gasteiger partial charge in [0.1, 0.15) is 6.10 Å². The van der Waals surface area contributed by atoms with E-state index in [9.17, 15) is 19.8 Å². The van der Waals surface area contributed by atoms with E-state index in [1.54, 1.807) is 0 Å². The van der Waals surface area contributed by atoms with Crippen molar-refractivity contribution in [2.24, 2.45) is 0 Å². The summed E-state index contributed by atoms with van der Waals surface area (Å²) in [7, 11) is 0. The Morgan fingerprint density at radius 1 is 0.453 bits per heavy atom. The summed E-state index contributed by atoms with van der Waals surface area (Å²) in [6.07, 6.45) is 63.1. The molecule has 0 aromatic carbocycles. The van der Waals surface area contributed by atoms with E-state index in [1.165, 1.54) is 161 Å². The first-order valence-corrected chi connectivity index (χ1v) is 27.9. The van der Waals surface area contributed by atoms with E-state index in [4.69, 9.17) is 4.74 Å². The highest BCUT2D eigenvalue weighted by Gasteiger charge is 2.24. The van der Waals surface area contributed by atoms with E-state index in [0.717, 1.165) is 77.0 Å². The van der Waals surface area contributed by atoms with Gasteiger partial charge in [-0.1, -0.05) is 230 Å². The molecule has 0 aromatic rings. The van der Waals surface area contributed by atoms with Crippen molar-refractivity contribution in [3.05, 3.63) is 48.6 Å². The predicted molar refractivity (Wildman–Crippen MR) is 278 cm³/mol. The maximum absolute atomic E-state index is 13.2. The van der Waals surface area contributed by atoms with Gasteiger partial charge in [0.2, 0.25) is 5.91 Å². The van der Waals surface area contributed by atoms with Gasteiger partial charge in [-0.2, -0.15) is 0 Å². The number of carbonyl (C=O) groups is 2. The second-order valence-electron chi connectivity index (χ2n) is 19.0. The molecule has 6 heteroatoms. The lowest BCUT2D eigenvalue weighted by atomic mass is 10.0. The summed E-state index contributed by atoms with van der Waals surface area (Å²) >= 11 is 0. The number of hydrogen-bond acceptors (Lipinski definition) is 5. The number of carbonyl (C=O) groups excluding carboxylic acids is 2. The number of unbranched alkanes of at least 4 members (excludes halogenated alkanes) is 30. The van der Waals surface area contributed by atoms with E-state index < -0.39 is 18.2 Å². The summed E-state index contributed by atoms with van der Waals surface area (Å²) in [5.74, 6) is -0.484. The molecule has 3 N–H and O–H groups in total. The lowest BCUT2D eigenvalue weighted by molar-refractivity contribution is -0.151. The Balaban J connectivity index is 4.56. The van der Waals surface area contributed by atoms with Crippen molar-refractivity contribution in [1.29, 1.82) is 0 Å². The number of aliphatic hydroxyl groups is 2. The van der Waals surface area contributed by atoms with Gasteiger partial charge >= 0.3 is 5.97 Å². The first-order valence-electron chi connectivity index (χ1n) is 27.9. The van der Waals surface area contributed by atoms with Crippen LogP contribution in [0.3, 0.4) is 0 Å². The Morgan fingerprint density at radius 2 is 0.797 bits per heavy atom. The zero-order chi connectivity index (χ0) is 46.7. The zero-order valence-electron chi connectivity index (χ0n) is 42.7. The third-order valence-corrected chi connectivity index (χ3v) is 12.6. The molecule has 0 radical (unpaired) electrons. The Labute approximate surface area is 397 Å². The minimum Gasteiger partial charge on any atom is -0.462 e. The second-order valence-corrected chi connectivity index (χ2v) is 19.0. The summed E-state index contributed by atoms with van der Waals surface area (Å²) < 4.78 is 5.95. The second kappa shape index (κ2) is 51.8. The number of rotatable bonds is 50. The van der Waals surface area contributed by atoms with Gasteiger partial charge in [-0.3, -0.25) is 9.59 Å². The largest absolute Gasteiger partial charge is 0.462 e. The van der Waals surface area contributed by atoms with Crippen molar-refractivity contribution in [3.63, 3.8) is 0 Å². The average molecular weight is 898 g/mol. The molecule has 0 fully saturated rings. The number of esters is 1. The number of amides is 1. The van der Waals surface area contributed by atoms with Crippen LogP contribution in [0.25, 0.3) is 0 Å². The van der Waals surface area contributed by atoms with Crippen molar-refractivity contribution >= 4 is 11.9 Å². The molecule has 374 valence electrons. The van der Waals surface area contributed by atoms with Crippen LogP contribution in [-0.4, -0.2) is 46.9 Å². The Bertz CT molecular complexity index is 1100. The van der Waals surface area contributed by atoms with Gasteiger partial charge in [0.05, 0.1) is 25.2 Å². The first-order chi connectivity index (χ1) is 31.5. The summed E-state index contributed by atoms with van der Waals surface area (Å²) in [6, 6.07) is -0.706. The van der Waals surface area contributed by atoms with Crippen molar-refractivity contribution in [3.8, 4) is 0 Å². The fraction of sp³-hybridized carbons (Fsp3) is 0.828. The lowest BCUT2D eigenvalue weighted by Gasteiger charge is -2.24. The molecule has 0 aromatic heterocycles. The molecule has 1 amide bonds. The van der Waals surface area contributed by atoms with Crippen LogP contribution in [0.2, 0.25) is 0 Å². The van der Waals surface area contributed by atoms with Crippen molar-refractivity contribution in [2.45, 2.75) is 302 Å². The standard InChI is InChI=1S/C58H107NO5/c1-4-7-10-13-16-19-22-24-26-27-28-29-31-33-36-39-42-45-48-51-58(63)64-54(49-46-43-40-37-35-32-30-25-23-20-17-14-11-8-5-2)52-57(62)59-55(53-60)56(61)50-47-44-41-38-34-21-18-15-12-9-6-3/h16-17,19-20,24-26,30,54-56,60-61H,4-15,18,21-23,27-29,31-53H2,1-3H3,(H,59,62)/b19-16-,20-17-,26-24-,30-25-. The SMILES string of the molecule is CCCCC/C=C\C/C=C\CCCCCCCCCCCC(=O)OC(CCCCCCC/C=C\C/C=C\CCCCC)CC(=O)NC(CO)C(O)CCCCCCCCCCCCC. The molecule has 3 atom stereocenters. The molecule has 0 bridgehead atoms. The van der Waals surface area contributed by atoms with E-state index in [1.807, 2.05) is 0 Å². The number of nitrogens with one attached hydrogen (secondary N) is 1. The highest BCUT2D eigenvalue weighted by Crippen LogP contribution is 2.18. The van der Waals surface area contributed by atoms with Crippen LogP contribution in [0.5, 0.6) is 0 Å². The van der Waals surface area contributed by atoms with Gasteiger partial charge < -0.3 is 20.3 Å². The van der Waals surface area contributed by atoms with E-state index >= 15 is 0 Å². The lowest BCUT2D eigenvalue weighted by Crippen LogP contribution is -2.46. The molecule has 0 aliphatic heterocycles. The molecule has 0 aliphatic rings. The smallest absolute Gasteiger partial charge is 0.306 e. The van der Waals surface area contributed by atoms with Crippen LogP contribution >= 0.6 is 0 Å². The topological polar surface area (TPSA) is 95.9 Å². The Kier molecular flexibility index (Phi) is 50.0. The summed E-state index contributed by atoms with van der Waals surface area (Å²) in [5.41, 5.74) is 0. The number of aliphatic hydroxyl groups excluding tert-OH is 2. The molecule has 0 saturated carbocycles. The fourth-order valence-electron chi connectivity index (χ4n) is 8.37. The summed E-state index contributed by atoms with van der Waals surface area (Å²) in [5, 5.41) is 23.8. The highest BCUT2D eigenvalue weighted by atomic mass is 16.5. The molecule has 0 spiro atoms. The van der Waals surface area contributed by atoms with Crippen LogP contribution in [0.1, 0.15) is 284 Å². The number of allylic oxidation sites excluding steroid dienone is 8. The predicted octanol–water partition coefficient (Wildman–Crippen LogP) is 17.0. The Morgan fingerprint density at radius 3 is 1.22 bits per heavy atom. The molecule has 3 unspecified atom stereocenters. The van der Waals surface area contributed by atoms with Crippen LogP contribution in [0.15, 0.2) is 48.6 Å². The third kappa shape index (κ3) is 46.4. The average Bonchev–Trinajstić information content (AvgIpc) is 3.29. The monoisotopic (exact) mass is 898 g/mol. The zero-order valence-corrected chi connectivity index (χ0v) is 42.7. The number of ether oxygens (including phenoxy) is 1. The molecular formula is C58H107NO5. The van der Waals surface area contributed by atoms with Crippen LogP contribution in [0.4, 0.5) is 0 Å². The van der Waals surface area contributed by atoms with Gasteiger partial charge in [-0.05, 0) is 89.9 Å². The van der Waals surface area contributed by atoms with Gasteiger partial charge in [0.15, 0.2) is 0 Å². The molecule has 64 heavy (non-hydrogen) atoms. The van der Waals surface area contributed by atoms with E-state index in [2.05, 4.69) is 74.7 Å². The van der Waals surface area contributed by atoms with Crippen molar-refractivity contribution in [2.75, 3.05) is 6.61 Å². The van der Waals surface area contributed by atoms with E-state index in [0.29, 0.717) is 19.3 Å². The van der Waals surface area contributed by atoms with Crippen LogP contribution in [-0.2, 0) is 14.3 Å². The van der Waals surface area contributed by atoms with Crippen molar-refractivity contribution < 1.29 is 24.5 Å². The normalized spacial score (nSPS) is 13.5. The highest BCUT2D eigenvalue weighted by molar-refractivity contribution is 5.77. The molecule has 0 heterocycles. The molecular weight excluding hydrogens is 791 g/mol. The first kappa shape index (κ1) is 61.8. The molecule has 6 nitrogen and oxygen atoms in total. The quantitative estimate of drug-likeness (QED) is 0.0321. The van der Waals surface area contributed by atoms with Gasteiger partial charge in [0.25, 0.3) is 0 Å². The fourth-order valence-corrected chi connectivity index (χ4v) is 8.37.